The number of hydrogen-bond donors (Lipinski definition) is 3. The van der Waals surface area contributed by atoms with Gasteiger partial charge < -0.3 is 25.4 Å². The van der Waals surface area contributed by atoms with Crippen molar-refractivity contribution in [2.24, 2.45) is 0 Å². The molecule has 0 bridgehead atoms. The number of carbonyl (C=O) groups excluding carboxylic acids is 1. The Labute approximate surface area is 228 Å². The molecule has 0 radical (unpaired) electrons. The second-order valence-electron chi connectivity index (χ2n) is 9.69. The molecule has 3 rings (SSSR count). The van der Waals surface area contributed by atoms with Gasteiger partial charge >= 0.3 is 5.97 Å². The van der Waals surface area contributed by atoms with Gasteiger partial charge in [-0.25, -0.2) is 14.2 Å². The number of rotatable bonds is 15. The third kappa shape index (κ3) is 9.18. The molecule has 3 heterocycles. The molecule has 0 aromatic carbocycles. The van der Waals surface area contributed by atoms with Crippen molar-refractivity contribution in [1.29, 1.82) is 0 Å². The Morgan fingerprint density at radius 3 is 2.79 bits per heavy atom. The van der Waals surface area contributed by atoms with Crippen molar-refractivity contribution in [1.82, 2.24) is 20.2 Å². The van der Waals surface area contributed by atoms with Gasteiger partial charge in [0.15, 0.2) is 5.82 Å². The lowest BCUT2D eigenvalue weighted by Crippen LogP contribution is -2.44. The number of ether oxygens (including phenoxy) is 1. The van der Waals surface area contributed by atoms with E-state index in [2.05, 4.69) is 32.7 Å². The van der Waals surface area contributed by atoms with E-state index in [0.29, 0.717) is 19.7 Å². The van der Waals surface area contributed by atoms with Gasteiger partial charge in [-0.2, -0.15) is 0 Å². The highest BCUT2D eigenvalue weighted by molar-refractivity contribution is 6.33. The molecule has 38 heavy (non-hydrogen) atoms. The third-order valence-corrected chi connectivity index (χ3v) is 6.67. The summed E-state index contributed by atoms with van der Waals surface area (Å²) < 4.78 is 19.8. The number of halogens is 2. The smallest absolute Gasteiger partial charge is 0.326 e. The summed E-state index contributed by atoms with van der Waals surface area (Å²) in [7, 11) is 0. The van der Waals surface area contributed by atoms with E-state index < -0.39 is 29.3 Å². The molecule has 9 nitrogen and oxygen atoms in total. The summed E-state index contributed by atoms with van der Waals surface area (Å²) >= 11 is 5.91. The van der Waals surface area contributed by atoms with Crippen LogP contribution in [0.1, 0.15) is 61.1 Å². The van der Waals surface area contributed by atoms with Crippen molar-refractivity contribution in [3.05, 3.63) is 52.2 Å². The lowest BCUT2D eigenvalue weighted by Gasteiger charge is -2.25. The highest BCUT2D eigenvalue weighted by Crippen LogP contribution is 2.20. The van der Waals surface area contributed by atoms with Gasteiger partial charge in [-0.1, -0.05) is 17.7 Å². The molecule has 0 spiro atoms. The van der Waals surface area contributed by atoms with Gasteiger partial charge in [0.2, 0.25) is 0 Å². The van der Waals surface area contributed by atoms with E-state index in [1.54, 1.807) is 0 Å². The van der Waals surface area contributed by atoms with Gasteiger partial charge in [0.1, 0.15) is 11.9 Å². The number of amides is 1. The predicted molar refractivity (Wildman–Crippen MR) is 144 cm³/mol. The number of hydrogen-bond acceptors (Lipinski definition) is 7. The van der Waals surface area contributed by atoms with E-state index in [9.17, 15) is 19.1 Å². The molecule has 2 aromatic rings. The zero-order chi connectivity index (χ0) is 27.5. The maximum absolute atomic E-state index is 14.1. The summed E-state index contributed by atoms with van der Waals surface area (Å²) in [6.45, 7) is 7.19. The van der Waals surface area contributed by atoms with E-state index in [4.69, 9.17) is 21.3 Å². The van der Waals surface area contributed by atoms with Crippen molar-refractivity contribution in [3.8, 4) is 0 Å². The summed E-state index contributed by atoms with van der Waals surface area (Å²) in [5.41, 5.74) is 1.91. The van der Waals surface area contributed by atoms with E-state index in [-0.39, 0.29) is 17.5 Å². The molecule has 2 aromatic heterocycles. The van der Waals surface area contributed by atoms with Crippen molar-refractivity contribution in [3.63, 3.8) is 0 Å². The van der Waals surface area contributed by atoms with Crippen LogP contribution in [0.15, 0.2) is 24.5 Å². The first kappa shape index (κ1) is 29.7. The van der Waals surface area contributed by atoms with Crippen LogP contribution in [-0.2, 0) is 22.4 Å². The Morgan fingerprint density at radius 2 is 2.05 bits per heavy atom. The largest absolute Gasteiger partial charge is 0.480 e. The Kier molecular flexibility index (Phi) is 11.7. The number of aryl methyl sites for hydroxylation is 2. The molecule has 208 valence electrons. The van der Waals surface area contributed by atoms with Crippen molar-refractivity contribution < 1.29 is 23.8 Å². The fraction of sp³-hybridized carbons (Fsp3) is 0.556. The fourth-order valence-electron chi connectivity index (χ4n) is 4.33. The molecule has 0 aliphatic carbocycles. The van der Waals surface area contributed by atoms with Crippen LogP contribution in [0.25, 0.3) is 0 Å². The van der Waals surface area contributed by atoms with Gasteiger partial charge in [0.05, 0.1) is 29.5 Å². The Balaban J connectivity index is 1.53. The number of nitrogens with one attached hydrogen (secondary N) is 2. The number of fused-ring (bicyclic) bond motifs is 1. The SMILES string of the molecule is CC(C)OCCN(CCCCc1ccc2c(n1)NCCC2)CC[C@H](NC(=O)c1c(F)cncc1Cl)C(=O)O. The lowest BCUT2D eigenvalue weighted by molar-refractivity contribution is -0.139. The van der Waals surface area contributed by atoms with Gasteiger partial charge in [-0.05, 0) is 70.5 Å². The van der Waals surface area contributed by atoms with Crippen LogP contribution >= 0.6 is 11.6 Å². The van der Waals surface area contributed by atoms with Crippen molar-refractivity contribution in [2.45, 2.75) is 64.5 Å². The van der Waals surface area contributed by atoms with E-state index in [1.165, 1.54) is 5.56 Å². The van der Waals surface area contributed by atoms with E-state index in [0.717, 1.165) is 69.1 Å². The normalized spacial score (nSPS) is 13.7. The number of anilines is 1. The van der Waals surface area contributed by atoms with E-state index >= 15 is 0 Å². The molecule has 1 aliphatic heterocycles. The van der Waals surface area contributed by atoms with Gasteiger partial charge in [0, 0.05) is 31.5 Å². The van der Waals surface area contributed by atoms with Gasteiger partial charge in [-0.15, -0.1) is 0 Å². The first-order valence-electron chi connectivity index (χ1n) is 13.1. The summed E-state index contributed by atoms with van der Waals surface area (Å²) in [6, 6.07) is 3.05. The molecule has 0 fully saturated rings. The summed E-state index contributed by atoms with van der Waals surface area (Å²) in [5.74, 6) is -2.00. The number of carboxylic acid groups (broad SMARTS) is 1. The summed E-state index contributed by atoms with van der Waals surface area (Å²) in [4.78, 5) is 34.9. The quantitative estimate of drug-likeness (QED) is 0.286. The minimum Gasteiger partial charge on any atom is -0.480 e. The fourth-order valence-corrected chi connectivity index (χ4v) is 4.56. The minimum atomic E-state index is -1.20. The Hall–Kier alpha value is -2.82. The topological polar surface area (TPSA) is 117 Å². The maximum atomic E-state index is 14.1. The van der Waals surface area contributed by atoms with Crippen LogP contribution in [0, 0.1) is 5.82 Å². The maximum Gasteiger partial charge on any atom is 0.326 e. The molecule has 11 heteroatoms. The molecule has 1 atom stereocenters. The van der Waals surface area contributed by atoms with Crippen molar-refractivity contribution in [2.75, 3.05) is 38.1 Å². The average molecular weight is 550 g/mol. The van der Waals surface area contributed by atoms with Crippen LogP contribution in [0.4, 0.5) is 10.2 Å². The van der Waals surface area contributed by atoms with Gasteiger partial charge in [0.25, 0.3) is 5.91 Å². The highest BCUT2D eigenvalue weighted by atomic mass is 35.5. The van der Waals surface area contributed by atoms with E-state index in [1.807, 2.05) is 13.8 Å². The first-order chi connectivity index (χ1) is 18.2. The zero-order valence-electron chi connectivity index (χ0n) is 22.0. The second-order valence-corrected chi connectivity index (χ2v) is 10.1. The molecular formula is C27H37ClFN5O4. The van der Waals surface area contributed by atoms with Crippen LogP contribution in [0.3, 0.4) is 0 Å². The average Bonchev–Trinajstić information content (AvgIpc) is 2.87. The Bertz CT molecular complexity index is 1070. The van der Waals surface area contributed by atoms with Crippen LogP contribution in [-0.4, -0.2) is 76.8 Å². The number of unbranched alkanes of at least 4 members (excludes halogenated alkanes) is 1. The lowest BCUT2D eigenvalue weighted by atomic mass is 10.1. The molecule has 0 saturated heterocycles. The number of carboxylic acids is 1. The van der Waals surface area contributed by atoms with Crippen LogP contribution in [0.2, 0.25) is 5.02 Å². The van der Waals surface area contributed by atoms with Crippen molar-refractivity contribution >= 4 is 29.3 Å². The summed E-state index contributed by atoms with van der Waals surface area (Å²) in [6.07, 6.45) is 7.12. The monoisotopic (exact) mass is 549 g/mol. The number of nitrogens with zero attached hydrogens (tertiary/aromatic N) is 3. The summed E-state index contributed by atoms with van der Waals surface area (Å²) in [5, 5.41) is 15.3. The van der Waals surface area contributed by atoms with Crippen LogP contribution in [0.5, 0.6) is 0 Å². The standard InChI is InChI=1S/C27H37ClFN5O4/c1-18(2)38-15-14-34(12-4-3-7-20-9-8-19-6-5-11-31-25(19)32-20)13-10-23(27(36)37)33-26(35)24-21(28)16-30-17-22(24)29/h8-9,16-18,23H,3-7,10-15H2,1-2H3,(H,31,32)(H,33,35)(H,36,37)/t23-/m0/s1. The molecule has 0 saturated carbocycles. The Morgan fingerprint density at radius 1 is 1.24 bits per heavy atom. The highest BCUT2D eigenvalue weighted by Gasteiger charge is 2.25. The number of pyridine rings is 2. The number of carbonyl (C=O) groups is 2. The predicted octanol–water partition coefficient (Wildman–Crippen LogP) is 3.95. The minimum absolute atomic E-state index is 0.0895. The molecule has 1 amide bonds. The number of aromatic nitrogens is 2. The molecule has 0 unspecified atom stereocenters. The third-order valence-electron chi connectivity index (χ3n) is 6.39. The first-order valence-corrected chi connectivity index (χ1v) is 13.5. The molecular weight excluding hydrogens is 513 g/mol. The van der Waals surface area contributed by atoms with Gasteiger partial charge in [-0.3, -0.25) is 9.78 Å². The van der Waals surface area contributed by atoms with Crippen LogP contribution < -0.4 is 10.6 Å². The second kappa shape index (κ2) is 14.9. The number of aliphatic carboxylic acids is 1. The zero-order valence-corrected chi connectivity index (χ0v) is 22.8. The molecule has 3 N–H and O–H groups in total. The molecule has 1 aliphatic rings.